The quantitative estimate of drug-likeness (QED) is 0.742. The van der Waals surface area contributed by atoms with Gasteiger partial charge < -0.3 is 14.8 Å². The van der Waals surface area contributed by atoms with Crippen molar-refractivity contribution in [3.05, 3.63) is 71.8 Å². The molecule has 0 aliphatic carbocycles. The largest absolute Gasteiger partial charge is 0.497 e. The summed E-state index contributed by atoms with van der Waals surface area (Å²) in [6.45, 7) is 1.65. The maximum absolute atomic E-state index is 5.26. The van der Waals surface area contributed by atoms with Gasteiger partial charge in [-0.05, 0) is 52.2 Å². The van der Waals surface area contributed by atoms with E-state index >= 15 is 0 Å². The van der Waals surface area contributed by atoms with Crippen molar-refractivity contribution in [3.63, 3.8) is 0 Å². The summed E-state index contributed by atoms with van der Waals surface area (Å²) in [7, 11) is 3.38. The Balaban J connectivity index is 1.64. The summed E-state index contributed by atoms with van der Waals surface area (Å²) in [6.07, 6.45) is 0. The molecule has 0 saturated carbocycles. The smallest absolute Gasteiger partial charge is 0.119 e. The third kappa shape index (κ3) is 3.82. The monoisotopic (exact) mass is 307 g/mol. The summed E-state index contributed by atoms with van der Waals surface area (Å²) in [4.78, 5) is 0. The van der Waals surface area contributed by atoms with Crippen LogP contribution in [0.2, 0.25) is 0 Å². The van der Waals surface area contributed by atoms with Crippen LogP contribution in [0.15, 0.2) is 60.7 Å². The van der Waals surface area contributed by atoms with Gasteiger partial charge in [0.1, 0.15) is 11.5 Å². The molecule has 3 heteroatoms. The Morgan fingerprint density at radius 1 is 0.696 bits per heavy atom. The molecule has 0 bridgehead atoms. The van der Waals surface area contributed by atoms with Crippen molar-refractivity contribution in [3.8, 4) is 11.5 Å². The van der Waals surface area contributed by atoms with E-state index in [2.05, 4.69) is 47.8 Å². The molecule has 3 aromatic carbocycles. The van der Waals surface area contributed by atoms with Crippen LogP contribution in [0.25, 0.3) is 10.8 Å². The van der Waals surface area contributed by atoms with Gasteiger partial charge in [0.15, 0.2) is 0 Å². The van der Waals surface area contributed by atoms with E-state index in [1.165, 1.54) is 21.9 Å². The molecular formula is C20H21NO2. The van der Waals surface area contributed by atoms with Crippen molar-refractivity contribution in [1.82, 2.24) is 5.32 Å². The minimum absolute atomic E-state index is 0.817. The molecule has 0 aliphatic rings. The Labute approximate surface area is 136 Å². The van der Waals surface area contributed by atoms with E-state index in [0.717, 1.165) is 24.6 Å². The van der Waals surface area contributed by atoms with E-state index in [1.807, 2.05) is 18.2 Å². The van der Waals surface area contributed by atoms with Crippen molar-refractivity contribution in [2.45, 2.75) is 13.1 Å². The van der Waals surface area contributed by atoms with Gasteiger partial charge in [-0.15, -0.1) is 0 Å². The molecule has 0 aromatic heterocycles. The first-order valence-electron chi connectivity index (χ1n) is 7.69. The number of hydrogen-bond acceptors (Lipinski definition) is 3. The average molecular weight is 307 g/mol. The first-order chi connectivity index (χ1) is 11.3. The maximum atomic E-state index is 5.26. The lowest BCUT2D eigenvalue weighted by atomic mass is 10.1. The Morgan fingerprint density at radius 2 is 1.35 bits per heavy atom. The summed E-state index contributed by atoms with van der Waals surface area (Å²) < 4.78 is 10.5. The van der Waals surface area contributed by atoms with Crippen molar-refractivity contribution < 1.29 is 9.47 Å². The minimum atomic E-state index is 0.817. The Hall–Kier alpha value is -2.52. The summed E-state index contributed by atoms with van der Waals surface area (Å²) >= 11 is 0. The van der Waals surface area contributed by atoms with Gasteiger partial charge in [0.25, 0.3) is 0 Å². The van der Waals surface area contributed by atoms with Crippen LogP contribution >= 0.6 is 0 Å². The summed E-state index contributed by atoms with van der Waals surface area (Å²) in [6, 6.07) is 20.8. The van der Waals surface area contributed by atoms with Crippen molar-refractivity contribution in [2.75, 3.05) is 14.2 Å². The fourth-order valence-electron chi connectivity index (χ4n) is 2.64. The van der Waals surface area contributed by atoms with Crippen LogP contribution < -0.4 is 14.8 Å². The Morgan fingerprint density at radius 3 is 2.13 bits per heavy atom. The number of fused-ring (bicyclic) bond motifs is 1. The molecule has 1 N–H and O–H groups in total. The van der Waals surface area contributed by atoms with E-state index in [9.17, 15) is 0 Å². The van der Waals surface area contributed by atoms with Crippen molar-refractivity contribution >= 4 is 10.8 Å². The van der Waals surface area contributed by atoms with Crippen LogP contribution in [0.5, 0.6) is 11.5 Å². The highest BCUT2D eigenvalue weighted by Crippen LogP contribution is 2.22. The topological polar surface area (TPSA) is 30.5 Å². The zero-order valence-corrected chi connectivity index (χ0v) is 13.5. The zero-order valence-electron chi connectivity index (χ0n) is 13.5. The molecule has 23 heavy (non-hydrogen) atoms. The van der Waals surface area contributed by atoms with Gasteiger partial charge in [-0.25, -0.2) is 0 Å². The summed E-state index contributed by atoms with van der Waals surface area (Å²) in [5.74, 6) is 1.78. The van der Waals surface area contributed by atoms with E-state index in [1.54, 1.807) is 14.2 Å². The van der Waals surface area contributed by atoms with Crippen LogP contribution in [0.4, 0.5) is 0 Å². The molecule has 0 fully saturated rings. The molecule has 118 valence electrons. The predicted molar refractivity (Wildman–Crippen MR) is 94.0 cm³/mol. The molecule has 0 saturated heterocycles. The third-order valence-corrected chi connectivity index (χ3v) is 3.90. The molecule has 0 amide bonds. The van der Waals surface area contributed by atoms with Crippen LogP contribution in [0, 0.1) is 0 Å². The minimum Gasteiger partial charge on any atom is -0.497 e. The molecule has 0 unspecified atom stereocenters. The first-order valence-corrected chi connectivity index (χ1v) is 7.69. The van der Waals surface area contributed by atoms with Crippen molar-refractivity contribution in [2.24, 2.45) is 0 Å². The number of benzene rings is 3. The second kappa shape index (κ2) is 7.16. The van der Waals surface area contributed by atoms with Crippen LogP contribution in [-0.2, 0) is 13.1 Å². The molecule has 0 spiro atoms. The normalized spacial score (nSPS) is 10.7. The molecule has 0 atom stereocenters. The number of methoxy groups -OCH3 is 2. The van der Waals surface area contributed by atoms with Gasteiger partial charge in [0.2, 0.25) is 0 Å². The number of rotatable bonds is 6. The lowest BCUT2D eigenvalue weighted by Gasteiger charge is -2.08. The van der Waals surface area contributed by atoms with E-state index < -0.39 is 0 Å². The van der Waals surface area contributed by atoms with Crippen molar-refractivity contribution in [1.29, 1.82) is 0 Å². The highest BCUT2D eigenvalue weighted by Gasteiger charge is 2.00. The lowest BCUT2D eigenvalue weighted by molar-refractivity contribution is 0.414. The van der Waals surface area contributed by atoms with Gasteiger partial charge in [0.05, 0.1) is 14.2 Å². The molecule has 0 radical (unpaired) electrons. The molecule has 0 heterocycles. The lowest BCUT2D eigenvalue weighted by Crippen LogP contribution is -2.12. The standard InChI is InChI=1S/C20H21NO2/c1-22-19-5-3-4-15(11-19)13-21-14-16-6-7-18-12-20(23-2)9-8-17(18)10-16/h3-12,21H,13-14H2,1-2H3. The van der Waals surface area contributed by atoms with E-state index in [4.69, 9.17) is 9.47 Å². The number of nitrogens with one attached hydrogen (secondary N) is 1. The molecule has 3 rings (SSSR count). The van der Waals surface area contributed by atoms with Gasteiger partial charge in [-0.2, -0.15) is 0 Å². The van der Waals surface area contributed by atoms with E-state index in [0.29, 0.717) is 0 Å². The highest BCUT2D eigenvalue weighted by molar-refractivity contribution is 5.84. The average Bonchev–Trinajstić information content (AvgIpc) is 2.61. The first kappa shape index (κ1) is 15.4. The Kier molecular flexibility index (Phi) is 4.79. The number of hydrogen-bond donors (Lipinski definition) is 1. The SMILES string of the molecule is COc1cccc(CNCc2ccc3cc(OC)ccc3c2)c1. The summed E-state index contributed by atoms with van der Waals surface area (Å²) in [5, 5.41) is 5.90. The second-order valence-electron chi connectivity index (χ2n) is 5.50. The number of ether oxygens (including phenoxy) is 2. The fraction of sp³-hybridized carbons (Fsp3) is 0.200. The predicted octanol–water partition coefficient (Wildman–Crippen LogP) is 4.15. The molecule has 3 nitrogen and oxygen atoms in total. The fourth-order valence-corrected chi connectivity index (χ4v) is 2.64. The third-order valence-electron chi connectivity index (χ3n) is 3.90. The maximum Gasteiger partial charge on any atom is 0.119 e. The summed E-state index contributed by atoms with van der Waals surface area (Å²) in [5.41, 5.74) is 2.49. The highest BCUT2D eigenvalue weighted by atomic mass is 16.5. The Bertz CT molecular complexity index is 799. The molecular weight excluding hydrogens is 286 g/mol. The van der Waals surface area contributed by atoms with E-state index in [-0.39, 0.29) is 0 Å². The van der Waals surface area contributed by atoms with Crippen LogP contribution in [0.1, 0.15) is 11.1 Å². The second-order valence-corrected chi connectivity index (χ2v) is 5.50. The van der Waals surface area contributed by atoms with Crippen LogP contribution in [0.3, 0.4) is 0 Å². The van der Waals surface area contributed by atoms with Gasteiger partial charge in [0, 0.05) is 13.1 Å². The van der Waals surface area contributed by atoms with Gasteiger partial charge >= 0.3 is 0 Å². The molecule has 3 aromatic rings. The zero-order chi connectivity index (χ0) is 16.1. The molecule has 0 aliphatic heterocycles. The van der Waals surface area contributed by atoms with Gasteiger partial charge in [-0.3, -0.25) is 0 Å². The van der Waals surface area contributed by atoms with Crippen LogP contribution in [-0.4, -0.2) is 14.2 Å². The van der Waals surface area contributed by atoms with Gasteiger partial charge in [-0.1, -0.05) is 30.3 Å².